The van der Waals surface area contributed by atoms with Crippen LogP contribution in [-0.4, -0.2) is 25.1 Å². The van der Waals surface area contributed by atoms with E-state index in [-0.39, 0.29) is 10.8 Å². The van der Waals surface area contributed by atoms with Crippen molar-refractivity contribution in [3.05, 3.63) is 34.6 Å². The molecule has 0 radical (unpaired) electrons. The zero-order valence-electron chi connectivity index (χ0n) is 11.6. The molecule has 1 aliphatic heterocycles. The molecule has 2 rings (SSSR count). The number of hydrogen-bond donors (Lipinski definition) is 0. The fourth-order valence-electron chi connectivity index (χ4n) is 2.94. The Balaban J connectivity index is 2.38. The minimum absolute atomic E-state index is 0.163. The Labute approximate surface area is 119 Å². The molecule has 0 aromatic heterocycles. The smallest absolute Gasteiger partial charge is 0.150 e. The van der Waals surface area contributed by atoms with Gasteiger partial charge in [-0.3, -0.25) is 4.90 Å². The molecule has 0 saturated carbocycles. The van der Waals surface area contributed by atoms with Gasteiger partial charge in [0.2, 0.25) is 0 Å². The average Bonchev–Trinajstić information content (AvgIpc) is 2.83. The van der Waals surface area contributed by atoms with Gasteiger partial charge >= 0.3 is 0 Å². The van der Waals surface area contributed by atoms with Crippen molar-refractivity contribution in [2.75, 3.05) is 20.2 Å². The fraction of sp³-hybridized carbons (Fsp3) is 0.600. The molecule has 19 heavy (non-hydrogen) atoms. The molecule has 0 amide bonds. The molecular weight excluding hydrogens is 265 g/mol. The van der Waals surface area contributed by atoms with Gasteiger partial charge in [0.15, 0.2) is 0 Å². The van der Waals surface area contributed by atoms with Gasteiger partial charge in [0.1, 0.15) is 11.5 Å². The Kier molecular flexibility index (Phi) is 4.82. The molecule has 106 valence electrons. The van der Waals surface area contributed by atoms with Crippen molar-refractivity contribution >= 4 is 11.6 Å². The lowest BCUT2D eigenvalue weighted by Gasteiger charge is -2.38. The van der Waals surface area contributed by atoms with Crippen molar-refractivity contribution in [3.8, 4) is 0 Å². The van der Waals surface area contributed by atoms with Gasteiger partial charge in [0.25, 0.3) is 0 Å². The third kappa shape index (κ3) is 2.64. The molecule has 0 unspecified atom stereocenters. The third-order valence-corrected chi connectivity index (χ3v) is 4.24. The molecular formula is C15H21ClFNO. The predicted molar refractivity (Wildman–Crippen MR) is 75.8 cm³/mol. The van der Waals surface area contributed by atoms with Crippen LogP contribution in [0.3, 0.4) is 0 Å². The normalized spacial score (nSPS) is 24.0. The highest BCUT2D eigenvalue weighted by molar-refractivity contribution is 6.30. The van der Waals surface area contributed by atoms with Crippen LogP contribution in [0.2, 0.25) is 5.02 Å². The molecule has 1 atom stereocenters. The lowest BCUT2D eigenvalue weighted by atomic mass is 9.98. The highest BCUT2D eigenvalue weighted by atomic mass is 35.5. The van der Waals surface area contributed by atoms with Crippen LogP contribution in [-0.2, 0) is 10.5 Å². The van der Waals surface area contributed by atoms with Crippen molar-refractivity contribution in [1.29, 1.82) is 0 Å². The quantitative estimate of drug-likeness (QED) is 0.805. The highest BCUT2D eigenvalue weighted by Gasteiger charge is 2.44. The number of rotatable bonds is 5. The van der Waals surface area contributed by atoms with Gasteiger partial charge < -0.3 is 4.74 Å². The number of halogens is 2. The van der Waals surface area contributed by atoms with E-state index < -0.39 is 5.72 Å². The van der Waals surface area contributed by atoms with E-state index >= 15 is 0 Å². The maximum Gasteiger partial charge on any atom is 0.150 e. The Hall–Kier alpha value is -0.640. The Morgan fingerprint density at radius 1 is 1.47 bits per heavy atom. The monoisotopic (exact) mass is 285 g/mol. The second-order valence-electron chi connectivity index (χ2n) is 5.03. The van der Waals surface area contributed by atoms with Gasteiger partial charge in [-0.25, -0.2) is 4.39 Å². The first-order valence-corrected chi connectivity index (χ1v) is 7.28. The van der Waals surface area contributed by atoms with Crippen LogP contribution >= 0.6 is 11.6 Å². The van der Waals surface area contributed by atoms with Gasteiger partial charge in [0.05, 0.1) is 5.02 Å². The first kappa shape index (κ1) is 14.8. The van der Waals surface area contributed by atoms with Crippen LogP contribution in [0.25, 0.3) is 0 Å². The topological polar surface area (TPSA) is 12.5 Å². The van der Waals surface area contributed by atoms with E-state index in [9.17, 15) is 4.39 Å². The molecule has 1 saturated heterocycles. The number of likely N-dealkylation sites (tertiary alicyclic amines) is 1. The van der Waals surface area contributed by atoms with E-state index in [1.165, 1.54) is 0 Å². The summed E-state index contributed by atoms with van der Waals surface area (Å²) in [7, 11) is 1.66. The van der Waals surface area contributed by atoms with Gasteiger partial charge in [-0.1, -0.05) is 37.1 Å². The van der Waals surface area contributed by atoms with Gasteiger partial charge in [-0.15, -0.1) is 0 Å². The van der Waals surface area contributed by atoms with Crippen molar-refractivity contribution in [1.82, 2.24) is 4.90 Å². The van der Waals surface area contributed by atoms with Crippen molar-refractivity contribution in [2.24, 2.45) is 0 Å². The van der Waals surface area contributed by atoms with E-state index in [0.717, 1.165) is 38.8 Å². The van der Waals surface area contributed by atoms with Crippen LogP contribution in [0.15, 0.2) is 18.2 Å². The van der Waals surface area contributed by atoms with Crippen LogP contribution in [0.4, 0.5) is 4.39 Å². The van der Waals surface area contributed by atoms with Gasteiger partial charge in [0, 0.05) is 25.8 Å². The van der Waals surface area contributed by atoms with Crippen molar-refractivity contribution in [3.63, 3.8) is 0 Å². The number of hydrogen-bond acceptors (Lipinski definition) is 2. The van der Waals surface area contributed by atoms with Crippen molar-refractivity contribution in [2.45, 2.75) is 38.3 Å². The Bertz CT molecular complexity index is 440. The van der Waals surface area contributed by atoms with E-state index in [1.54, 1.807) is 25.3 Å². The maximum absolute atomic E-state index is 14.3. The maximum atomic E-state index is 14.3. The summed E-state index contributed by atoms with van der Waals surface area (Å²) in [6, 6.07) is 5.15. The summed E-state index contributed by atoms with van der Waals surface area (Å²) in [5.41, 5.74) is -0.0828. The standard InChI is InChI=1S/C15H21ClFNO/c1-3-4-10-18-11-6-9-15(18,19-2)12-7-5-8-13(16)14(12)17/h5,7-8H,3-4,6,9-11H2,1-2H3/t15-/m0/s1. The Morgan fingerprint density at radius 2 is 2.26 bits per heavy atom. The van der Waals surface area contributed by atoms with E-state index in [4.69, 9.17) is 16.3 Å². The lowest BCUT2D eigenvalue weighted by Crippen LogP contribution is -2.44. The van der Waals surface area contributed by atoms with Crippen LogP contribution in [0.5, 0.6) is 0 Å². The second-order valence-corrected chi connectivity index (χ2v) is 5.44. The molecule has 0 bridgehead atoms. The molecule has 1 aliphatic rings. The predicted octanol–water partition coefficient (Wildman–Crippen LogP) is 4.17. The largest absolute Gasteiger partial charge is 0.359 e. The minimum Gasteiger partial charge on any atom is -0.359 e. The lowest BCUT2D eigenvalue weighted by molar-refractivity contribution is -0.122. The molecule has 1 aromatic rings. The number of nitrogens with zero attached hydrogens (tertiary/aromatic N) is 1. The summed E-state index contributed by atoms with van der Waals surface area (Å²) in [4.78, 5) is 2.24. The summed E-state index contributed by atoms with van der Waals surface area (Å²) in [5.74, 6) is -0.352. The van der Waals surface area contributed by atoms with Crippen molar-refractivity contribution < 1.29 is 9.13 Å². The third-order valence-electron chi connectivity index (χ3n) is 3.95. The zero-order valence-corrected chi connectivity index (χ0v) is 12.3. The number of benzene rings is 1. The summed E-state index contributed by atoms with van der Waals surface area (Å²) < 4.78 is 20.1. The summed E-state index contributed by atoms with van der Waals surface area (Å²) >= 11 is 5.91. The average molecular weight is 286 g/mol. The van der Waals surface area contributed by atoms with E-state index in [2.05, 4.69) is 11.8 Å². The number of ether oxygens (including phenoxy) is 1. The molecule has 4 heteroatoms. The Morgan fingerprint density at radius 3 is 2.95 bits per heavy atom. The summed E-state index contributed by atoms with van der Waals surface area (Å²) in [6.07, 6.45) is 4.04. The highest BCUT2D eigenvalue weighted by Crippen LogP contribution is 2.41. The van der Waals surface area contributed by atoms with Gasteiger partial charge in [-0.2, -0.15) is 0 Å². The molecule has 1 fully saturated rings. The fourth-order valence-corrected chi connectivity index (χ4v) is 3.12. The molecule has 0 spiro atoms. The molecule has 1 aromatic carbocycles. The molecule has 0 aliphatic carbocycles. The SMILES string of the molecule is CCCCN1CCC[C@]1(OC)c1cccc(Cl)c1F. The summed E-state index contributed by atoms with van der Waals surface area (Å²) in [6.45, 7) is 4.03. The van der Waals surface area contributed by atoms with E-state index in [0.29, 0.717) is 5.56 Å². The minimum atomic E-state index is -0.649. The summed E-state index contributed by atoms with van der Waals surface area (Å²) in [5, 5.41) is 0.163. The molecule has 0 N–H and O–H groups in total. The number of unbranched alkanes of at least 4 members (excludes halogenated alkanes) is 1. The van der Waals surface area contributed by atoms with Crippen LogP contribution in [0.1, 0.15) is 38.2 Å². The number of methoxy groups -OCH3 is 1. The van der Waals surface area contributed by atoms with E-state index in [1.807, 2.05) is 0 Å². The first-order chi connectivity index (χ1) is 9.15. The zero-order chi connectivity index (χ0) is 13.9. The molecule has 1 heterocycles. The second kappa shape index (κ2) is 6.21. The van der Waals surface area contributed by atoms with Gasteiger partial charge in [-0.05, 0) is 25.3 Å². The molecule has 2 nitrogen and oxygen atoms in total. The first-order valence-electron chi connectivity index (χ1n) is 6.90. The van der Waals surface area contributed by atoms with Crippen LogP contribution < -0.4 is 0 Å². The van der Waals surface area contributed by atoms with Crippen LogP contribution in [0, 0.1) is 5.82 Å².